The maximum absolute atomic E-state index is 9.25. The third-order valence-electron chi connectivity index (χ3n) is 1.85. The molecule has 0 bridgehead atoms. The van der Waals surface area contributed by atoms with E-state index in [9.17, 15) is 5.11 Å². The van der Waals surface area contributed by atoms with E-state index < -0.39 is 31.0 Å². The van der Waals surface area contributed by atoms with Crippen LogP contribution in [0.1, 0.15) is 0 Å². The van der Waals surface area contributed by atoms with E-state index in [1.54, 1.807) is 0 Å². The summed E-state index contributed by atoms with van der Waals surface area (Å²) in [5.41, 5.74) is 0. The number of piperidine rings is 1. The summed E-state index contributed by atoms with van der Waals surface area (Å²) in [7, 11) is 0. The molecule has 5 nitrogen and oxygen atoms in total. The molecule has 0 saturated carbocycles. The van der Waals surface area contributed by atoms with Crippen LogP contribution in [0, 0.1) is 0 Å². The summed E-state index contributed by atoms with van der Waals surface area (Å²) in [6, 6.07) is -0.816. The first-order valence-corrected chi connectivity index (χ1v) is 3.48. The van der Waals surface area contributed by atoms with Crippen LogP contribution in [0.25, 0.3) is 0 Å². The minimum atomic E-state index is -1.27. The van der Waals surface area contributed by atoms with Crippen molar-refractivity contribution in [1.29, 1.82) is 0 Å². The molecule has 0 radical (unpaired) electrons. The smallest absolute Gasteiger partial charge is 0.123 e. The van der Waals surface area contributed by atoms with E-state index in [1.165, 1.54) is 0 Å². The third-order valence-corrected chi connectivity index (χ3v) is 1.85. The zero-order valence-electron chi connectivity index (χ0n) is 6.96. The highest BCUT2D eigenvalue weighted by molar-refractivity contribution is 4.91. The quantitative estimate of drug-likeness (QED) is 0.285. The SMILES string of the molecule is [2H]N1C[C@H](O)[C@@H](O)[C@@H](O)[C@H]1CO. The largest absolute Gasteiger partial charge is 0.395 e. The van der Waals surface area contributed by atoms with Crippen LogP contribution in [0.15, 0.2) is 0 Å². The van der Waals surface area contributed by atoms with E-state index in [0.29, 0.717) is 0 Å². The first-order valence-electron chi connectivity index (χ1n) is 3.93. The lowest BCUT2D eigenvalue weighted by molar-refractivity contribution is -0.101. The molecule has 0 unspecified atom stereocenters. The fourth-order valence-corrected chi connectivity index (χ4v) is 1.08. The number of nitrogens with one attached hydrogen (secondary N) is 1. The van der Waals surface area contributed by atoms with Crippen molar-refractivity contribution in [3.05, 3.63) is 0 Å². The number of hydrogen-bond acceptors (Lipinski definition) is 5. The first kappa shape index (κ1) is 7.45. The molecule has 0 amide bonds. The standard InChI is InChI=1S/C6H13NO4/c8-2-3-5(10)6(11)4(9)1-7-3/h3-11H,1-2H2/t3-,4+,5+,6-/m1/s1/i/hD. The van der Waals surface area contributed by atoms with Gasteiger partial charge in [0, 0.05) is 6.54 Å². The van der Waals surface area contributed by atoms with Gasteiger partial charge >= 0.3 is 0 Å². The summed E-state index contributed by atoms with van der Waals surface area (Å²) < 4.78 is 7.22. The Kier molecular flexibility index (Phi) is 2.35. The zero-order chi connectivity index (χ0) is 9.30. The molecule has 5 N–H and O–H groups in total. The Morgan fingerprint density at radius 3 is 2.55 bits per heavy atom. The molecule has 1 saturated heterocycles. The van der Waals surface area contributed by atoms with Gasteiger partial charge in [0.2, 0.25) is 0 Å². The Morgan fingerprint density at radius 1 is 1.36 bits per heavy atom. The van der Waals surface area contributed by atoms with Crippen molar-refractivity contribution in [2.45, 2.75) is 24.4 Å². The molecule has 1 rings (SSSR count). The average Bonchev–Trinajstić information content (AvgIpc) is 2.01. The fourth-order valence-electron chi connectivity index (χ4n) is 1.08. The topological polar surface area (TPSA) is 93.0 Å². The second-order valence-corrected chi connectivity index (χ2v) is 2.66. The van der Waals surface area contributed by atoms with Crippen molar-refractivity contribution in [3.8, 4) is 0 Å². The van der Waals surface area contributed by atoms with Gasteiger partial charge < -0.3 is 25.7 Å². The van der Waals surface area contributed by atoms with E-state index in [4.69, 9.17) is 16.7 Å². The van der Waals surface area contributed by atoms with Gasteiger partial charge in [-0.05, 0) is 0 Å². The number of rotatable bonds is 1. The monoisotopic (exact) mass is 164 g/mol. The molecule has 1 aliphatic heterocycles. The van der Waals surface area contributed by atoms with Gasteiger partial charge in [-0.25, -0.2) is 0 Å². The van der Waals surface area contributed by atoms with Gasteiger partial charge in [-0.15, -0.1) is 0 Å². The van der Waals surface area contributed by atoms with Crippen LogP contribution in [0.5, 0.6) is 0 Å². The van der Waals surface area contributed by atoms with E-state index >= 15 is 0 Å². The Morgan fingerprint density at radius 2 is 2.00 bits per heavy atom. The number of aliphatic hydroxyl groups is 4. The van der Waals surface area contributed by atoms with E-state index in [1.807, 2.05) is 0 Å². The van der Waals surface area contributed by atoms with Crippen molar-refractivity contribution in [2.75, 3.05) is 13.2 Å². The first-order chi connectivity index (χ1) is 5.57. The van der Waals surface area contributed by atoms with Crippen LogP contribution in [0.4, 0.5) is 0 Å². The van der Waals surface area contributed by atoms with Gasteiger partial charge in [-0.1, -0.05) is 0 Å². The van der Waals surface area contributed by atoms with Gasteiger partial charge in [-0.3, -0.25) is 0 Å². The molecular formula is C6H13NO4. The van der Waals surface area contributed by atoms with E-state index in [0.717, 1.165) is 5.31 Å². The van der Waals surface area contributed by atoms with Crippen LogP contribution < -0.4 is 5.31 Å². The molecule has 0 aliphatic carbocycles. The van der Waals surface area contributed by atoms with Gasteiger partial charge in [0.25, 0.3) is 0 Å². The van der Waals surface area contributed by atoms with Crippen molar-refractivity contribution in [1.82, 2.24) is 5.31 Å². The predicted molar refractivity (Wildman–Crippen MR) is 36.9 cm³/mol. The van der Waals surface area contributed by atoms with Gasteiger partial charge in [0.05, 0.1) is 24.9 Å². The number of aliphatic hydroxyl groups excluding tert-OH is 4. The van der Waals surface area contributed by atoms with Crippen molar-refractivity contribution >= 4 is 0 Å². The molecule has 1 heterocycles. The van der Waals surface area contributed by atoms with E-state index in [-0.39, 0.29) is 6.54 Å². The van der Waals surface area contributed by atoms with Crippen LogP contribution in [0.3, 0.4) is 0 Å². The predicted octanol–water partition coefficient (Wildman–Crippen LogP) is -2.97. The van der Waals surface area contributed by atoms with Crippen LogP contribution >= 0.6 is 0 Å². The normalized spacial score (nSPS) is 48.9. The minimum absolute atomic E-state index is 0.0660. The lowest BCUT2D eigenvalue weighted by Gasteiger charge is -2.34. The summed E-state index contributed by atoms with van der Waals surface area (Å²) in [6.45, 7) is -0.474. The fraction of sp³-hybridized carbons (Fsp3) is 1.00. The summed E-state index contributed by atoms with van der Waals surface area (Å²) in [5.74, 6) is 0. The Bertz CT molecular complexity index is 158. The average molecular weight is 164 g/mol. The number of hydrogen-bond donors (Lipinski definition) is 5. The molecule has 1 fully saturated rings. The third kappa shape index (κ3) is 1.69. The molecule has 5 heteroatoms. The molecular weight excluding hydrogens is 150 g/mol. The molecule has 4 atom stereocenters. The summed E-state index contributed by atoms with van der Waals surface area (Å²) in [5, 5.41) is 37.1. The molecule has 1 aliphatic rings. The summed E-state index contributed by atoms with van der Waals surface area (Å²) in [6.07, 6.45) is -3.67. The second-order valence-electron chi connectivity index (χ2n) is 2.66. The zero-order valence-corrected chi connectivity index (χ0v) is 5.96. The summed E-state index contributed by atoms with van der Waals surface area (Å²) >= 11 is 0. The van der Waals surface area contributed by atoms with Crippen molar-refractivity contribution in [2.24, 2.45) is 0 Å². The molecule has 66 valence electrons. The second kappa shape index (κ2) is 3.46. The van der Waals surface area contributed by atoms with Crippen molar-refractivity contribution < 1.29 is 21.8 Å². The maximum atomic E-state index is 9.25. The van der Waals surface area contributed by atoms with Gasteiger partial charge in [-0.2, -0.15) is 0 Å². The lowest BCUT2D eigenvalue weighted by Crippen LogP contribution is -2.60. The van der Waals surface area contributed by atoms with E-state index in [2.05, 4.69) is 0 Å². The molecule has 0 aromatic heterocycles. The molecule has 11 heavy (non-hydrogen) atoms. The Labute approximate surface area is 65.7 Å². The minimum Gasteiger partial charge on any atom is -0.395 e. The highest BCUT2D eigenvalue weighted by Gasteiger charge is 2.35. The maximum Gasteiger partial charge on any atom is 0.123 e. The molecule has 0 aromatic carbocycles. The van der Waals surface area contributed by atoms with Gasteiger partial charge in [0.1, 0.15) is 7.52 Å². The van der Waals surface area contributed by atoms with Crippen LogP contribution in [-0.2, 0) is 0 Å². The Balaban J connectivity index is 2.65. The highest BCUT2D eigenvalue weighted by Crippen LogP contribution is 2.09. The van der Waals surface area contributed by atoms with Crippen LogP contribution in [-0.4, -0.2) is 57.9 Å². The molecule has 0 spiro atoms. The number of β-amino-alcohol motifs (C(OH)–C–C–N with tert-alkyl or cyclic N) is 1. The van der Waals surface area contributed by atoms with Crippen LogP contribution in [0.2, 0.25) is 1.41 Å². The highest BCUT2D eigenvalue weighted by atomic mass is 16.4. The van der Waals surface area contributed by atoms with Crippen molar-refractivity contribution in [3.63, 3.8) is 0 Å². The lowest BCUT2D eigenvalue weighted by atomic mass is 9.97. The Hall–Kier alpha value is -0.200. The molecule has 0 aromatic rings. The summed E-state index contributed by atoms with van der Waals surface area (Å²) in [4.78, 5) is 0. The van der Waals surface area contributed by atoms with Gasteiger partial charge in [0.15, 0.2) is 0 Å².